The maximum absolute atomic E-state index is 12.9. The van der Waals surface area contributed by atoms with Gasteiger partial charge < -0.3 is 15.4 Å². The number of esters is 1. The van der Waals surface area contributed by atoms with Gasteiger partial charge in [-0.25, -0.2) is 9.78 Å². The lowest BCUT2D eigenvalue weighted by Gasteiger charge is -2.30. The number of hydrogen-bond donors (Lipinski definition) is 1. The molecule has 6 heteroatoms. The van der Waals surface area contributed by atoms with E-state index < -0.39 is 12.1 Å². The number of benzene rings is 1. The number of ether oxygens (including phenoxy) is 1. The number of carbonyl (C=O) groups is 2. The summed E-state index contributed by atoms with van der Waals surface area (Å²) in [4.78, 5) is 31.2. The smallest absolute Gasteiger partial charge is 0.360 e. The molecule has 0 aliphatic carbocycles. The van der Waals surface area contributed by atoms with Crippen molar-refractivity contribution in [1.29, 1.82) is 0 Å². The van der Waals surface area contributed by atoms with Crippen molar-refractivity contribution in [2.75, 3.05) is 18.8 Å². The number of rotatable bonds is 4. The first-order valence-electron chi connectivity index (χ1n) is 8.42. The third-order valence-electron chi connectivity index (χ3n) is 4.25. The van der Waals surface area contributed by atoms with Crippen LogP contribution in [0.2, 0.25) is 0 Å². The van der Waals surface area contributed by atoms with Gasteiger partial charge in [0.15, 0.2) is 5.69 Å². The van der Waals surface area contributed by atoms with Crippen LogP contribution in [0.1, 0.15) is 41.4 Å². The van der Waals surface area contributed by atoms with Crippen molar-refractivity contribution < 1.29 is 14.3 Å². The Morgan fingerprint density at radius 3 is 2.44 bits per heavy atom. The van der Waals surface area contributed by atoms with Crippen LogP contribution in [0.4, 0.5) is 5.69 Å². The van der Waals surface area contributed by atoms with Crippen molar-refractivity contribution in [1.82, 2.24) is 9.88 Å². The number of hydrogen-bond acceptors (Lipinski definition) is 5. The van der Waals surface area contributed by atoms with E-state index in [2.05, 4.69) is 4.98 Å². The molecule has 2 N–H and O–H groups in total. The van der Waals surface area contributed by atoms with Crippen molar-refractivity contribution >= 4 is 17.6 Å². The lowest BCUT2D eigenvalue weighted by atomic mass is 10.1. The second-order valence-electron chi connectivity index (χ2n) is 6.02. The van der Waals surface area contributed by atoms with Crippen molar-refractivity contribution in [2.45, 2.75) is 25.4 Å². The molecule has 1 aliphatic rings. The fourth-order valence-corrected chi connectivity index (χ4v) is 2.92. The quantitative estimate of drug-likeness (QED) is 0.865. The highest BCUT2D eigenvalue weighted by Gasteiger charge is 2.31. The molecule has 6 nitrogen and oxygen atoms in total. The van der Waals surface area contributed by atoms with Crippen molar-refractivity contribution in [3.05, 3.63) is 59.9 Å². The zero-order valence-corrected chi connectivity index (χ0v) is 13.9. The van der Waals surface area contributed by atoms with Gasteiger partial charge in [-0.3, -0.25) is 4.79 Å². The molecule has 0 radical (unpaired) electrons. The predicted octanol–water partition coefficient (Wildman–Crippen LogP) is 2.57. The number of carbonyl (C=O) groups excluding carboxylic acids is 2. The topological polar surface area (TPSA) is 85.5 Å². The van der Waals surface area contributed by atoms with Crippen LogP contribution in [0.15, 0.2) is 48.7 Å². The third kappa shape index (κ3) is 3.96. The van der Waals surface area contributed by atoms with Crippen LogP contribution in [0.3, 0.4) is 0 Å². The summed E-state index contributed by atoms with van der Waals surface area (Å²) >= 11 is 0. The van der Waals surface area contributed by atoms with Gasteiger partial charge in [-0.2, -0.15) is 0 Å². The summed E-state index contributed by atoms with van der Waals surface area (Å²) in [6.45, 7) is 1.37. The molecule has 2 aromatic rings. The number of aromatic nitrogens is 1. The minimum atomic E-state index is -0.992. The zero-order valence-electron chi connectivity index (χ0n) is 13.9. The van der Waals surface area contributed by atoms with Crippen molar-refractivity contribution in [3.8, 4) is 0 Å². The number of anilines is 1. The Balaban J connectivity index is 1.85. The minimum Gasteiger partial charge on any atom is -0.442 e. The van der Waals surface area contributed by atoms with Crippen LogP contribution in [0.5, 0.6) is 0 Å². The Bertz CT molecular complexity index is 743. The van der Waals surface area contributed by atoms with E-state index in [1.54, 1.807) is 29.2 Å². The summed E-state index contributed by atoms with van der Waals surface area (Å²) in [5.41, 5.74) is 6.69. The number of amides is 1. The maximum Gasteiger partial charge on any atom is 0.360 e. The van der Waals surface area contributed by atoms with Crippen molar-refractivity contribution in [2.24, 2.45) is 0 Å². The highest BCUT2D eigenvalue weighted by molar-refractivity contribution is 5.95. The minimum absolute atomic E-state index is 0.0230. The maximum atomic E-state index is 12.9. The number of nitrogens with zero attached hydrogens (tertiary/aromatic N) is 2. The summed E-state index contributed by atoms with van der Waals surface area (Å²) in [6.07, 6.45) is 3.53. The number of pyridine rings is 1. The van der Waals surface area contributed by atoms with E-state index in [4.69, 9.17) is 10.5 Å². The summed E-state index contributed by atoms with van der Waals surface area (Å²) in [5.74, 6) is -0.897. The lowest BCUT2D eigenvalue weighted by molar-refractivity contribution is -0.142. The average Bonchev–Trinajstić information content (AvgIpc) is 2.67. The van der Waals surface area contributed by atoms with Crippen LogP contribution < -0.4 is 5.73 Å². The average molecular weight is 339 g/mol. The Labute approximate surface area is 146 Å². The van der Waals surface area contributed by atoms with Gasteiger partial charge in [0.25, 0.3) is 5.91 Å². The second-order valence-corrected chi connectivity index (χ2v) is 6.02. The normalized spacial score (nSPS) is 15.4. The molecular weight excluding hydrogens is 318 g/mol. The van der Waals surface area contributed by atoms with E-state index in [9.17, 15) is 9.59 Å². The van der Waals surface area contributed by atoms with Gasteiger partial charge in [-0.15, -0.1) is 0 Å². The molecule has 1 aromatic carbocycles. The van der Waals surface area contributed by atoms with Gasteiger partial charge in [0.1, 0.15) is 0 Å². The predicted molar refractivity (Wildman–Crippen MR) is 93.7 cm³/mol. The van der Waals surface area contributed by atoms with Gasteiger partial charge in [0.2, 0.25) is 6.10 Å². The molecule has 130 valence electrons. The molecular formula is C19H21N3O3. The van der Waals surface area contributed by atoms with E-state index >= 15 is 0 Å². The fraction of sp³-hybridized carbons (Fsp3) is 0.316. The molecule has 1 atom stereocenters. The molecule has 25 heavy (non-hydrogen) atoms. The standard InChI is InChI=1S/C19H21N3O3/c20-15-10-7-11-21-16(15)19(24)25-17(14-8-3-1-4-9-14)18(23)22-12-5-2-6-13-22/h1,3-4,7-11,17H,2,5-6,12-13,20H2/t17-/m0/s1. The molecule has 0 saturated carbocycles. The molecule has 1 amide bonds. The molecule has 1 saturated heterocycles. The van der Waals surface area contributed by atoms with Gasteiger partial charge >= 0.3 is 5.97 Å². The number of likely N-dealkylation sites (tertiary alicyclic amines) is 1. The fourth-order valence-electron chi connectivity index (χ4n) is 2.92. The lowest BCUT2D eigenvalue weighted by Crippen LogP contribution is -2.40. The summed E-state index contributed by atoms with van der Waals surface area (Å²) in [7, 11) is 0. The number of piperidine rings is 1. The van der Waals surface area contributed by atoms with Crippen LogP contribution in [0.25, 0.3) is 0 Å². The molecule has 0 unspecified atom stereocenters. The molecule has 0 bridgehead atoms. The van der Waals surface area contributed by atoms with E-state index in [1.807, 2.05) is 18.2 Å². The van der Waals surface area contributed by atoms with Crippen LogP contribution in [0, 0.1) is 0 Å². The van der Waals surface area contributed by atoms with Crippen LogP contribution >= 0.6 is 0 Å². The Kier molecular flexibility index (Phi) is 5.28. The van der Waals surface area contributed by atoms with Gasteiger partial charge in [-0.05, 0) is 31.4 Å². The first-order valence-corrected chi connectivity index (χ1v) is 8.42. The van der Waals surface area contributed by atoms with E-state index in [0.717, 1.165) is 19.3 Å². The zero-order chi connectivity index (χ0) is 17.6. The van der Waals surface area contributed by atoms with Crippen molar-refractivity contribution in [3.63, 3.8) is 0 Å². The molecule has 2 heterocycles. The first-order chi connectivity index (χ1) is 12.2. The van der Waals surface area contributed by atoms with Crippen LogP contribution in [-0.2, 0) is 9.53 Å². The summed E-state index contributed by atoms with van der Waals surface area (Å²) < 4.78 is 5.55. The Morgan fingerprint density at radius 1 is 1.04 bits per heavy atom. The summed E-state index contributed by atoms with van der Waals surface area (Å²) in [5, 5.41) is 0. The highest BCUT2D eigenvalue weighted by Crippen LogP contribution is 2.24. The van der Waals surface area contributed by atoms with E-state index in [1.165, 1.54) is 6.20 Å². The Morgan fingerprint density at radius 2 is 1.76 bits per heavy atom. The molecule has 1 aromatic heterocycles. The first kappa shape index (κ1) is 17.0. The Hall–Kier alpha value is -2.89. The van der Waals surface area contributed by atoms with Gasteiger partial charge in [0, 0.05) is 24.8 Å². The van der Waals surface area contributed by atoms with Gasteiger partial charge in [0.05, 0.1) is 5.69 Å². The largest absolute Gasteiger partial charge is 0.442 e. The third-order valence-corrected chi connectivity index (χ3v) is 4.25. The molecule has 3 rings (SSSR count). The van der Waals surface area contributed by atoms with E-state index in [-0.39, 0.29) is 17.3 Å². The highest BCUT2D eigenvalue weighted by atomic mass is 16.5. The van der Waals surface area contributed by atoms with Gasteiger partial charge in [-0.1, -0.05) is 30.3 Å². The molecule has 1 aliphatic heterocycles. The molecule has 1 fully saturated rings. The van der Waals surface area contributed by atoms with E-state index in [0.29, 0.717) is 18.7 Å². The number of nitrogen functional groups attached to an aromatic ring is 1. The monoisotopic (exact) mass is 339 g/mol. The molecule has 0 spiro atoms. The second kappa shape index (κ2) is 7.79. The SMILES string of the molecule is Nc1cccnc1C(=O)O[C@H](C(=O)N1CCCCC1)c1ccccc1. The van der Waals surface area contributed by atoms with Crippen LogP contribution in [-0.4, -0.2) is 34.8 Å². The summed E-state index contributed by atoms with van der Waals surface area (Å²) in [6, 6.07) is 12.3. The number of nitrogens with two attached hydrogens (primary N) is 1.